The molecule has 3 aromatic carbocycles. The van der Waals surface area contributed by atoms with E-state index in [4.69, 9.17) is 28.6 Å². The summed E-state index contributed by atoms with van der Waals surface area (Å²) in [7, 11) is 1.52. The fraction of sp³-hybridized carbons (Fsp3) is 0.0909. The van der Waals surface area contributed by atoms with Gasteiger partial charge in [0.1, 0.15) is 16.8 Å². The Bertz CT molecular complexity index is 1340. The molecule has 0 saturated carbocycles. The Hall–Kier alpha value is -3.01. The van der Waals surface area contributed by atoms with Crippen LogP contribution >= 0.6 is 39.7 Å². The van der Waals surface area contributed by atoms with Crippen LogP contribution in [0.1, 0.15) is 15.9 Å². The number of anilines is 1. The number of thiocarbonyl (C=S) groups is 1. The number of carbonyl (C=O) groups excluding carboxylic acids is 1. The molecule has 0 fully saturated rings. The zero-order valence-electron chi connectivity index (χ0n) is 17.0. The maximum Gasteiger partial charge on any atom is 0.261 e. The maximum absolute atomic E-state index is 12.8. The lowest BCUT2D eigenvalue weighted by Gasteiger charge is -2.14. The topological polar surface area (TPSA) is 81.1 Å². The van der Waals surface area contributed by atoms with E-state index in [0.717, 1.165) is 15.7 Å². The van der Waals surface area contributed by atoms with Gasteiger partial charge in [-0.15, -0.1) is 10.2 Å². The first-order valence-electron chi connectivity index (χ1n) is 9.44. The Kier molecular flexibility index (Phi) is 6.40. The Balaban J connectivity index is 1.55. The van der Waals surface area contributed by atoms with Gasteiger partial charge >= 0.3 is 0 Å². The van der Waals surface area contributed by atoms with Gasteiger partial charge in [-0.2, -0.15) is 4.80 Å². The number of para-hydroxylation sites is 1. The molecule has 0 aliphatic carbocycles. The summed E-state index contributed by atoms with van der Waals surface area (Å²) in [6.45, 7) is 1.86. The van der Waals surface area contributed by atoms with Crippen LogP contribution in [0, 0.1) is 6.92 Å². The molecule has 1 aromatic heterocycles. The van der Waals surface area contributed by atoms with E-state index in [1.807, 2.05) is 43.3 Å². The minimum Gasteiger partial charge on any atom is -0.496 e. The number of aromatic nitrogens is 3. The number of fused-ring (bicyclic) bond motifs is 1. The largest absolute Gasteiger partial charge is 0.496 e. The predicted octanol–water partition coefficient (Wildman–Crippen LogP) is 5.28. The molecule has 32 heavy (non-hydrogen) atoms. The first-order valence-corrected chi connectivity index (χ1v) is 11.0. The Morgan fingerprint density at radius 2 is 1.81 bits per heavy atom. The van der Waals surface area contributed by atoms with Gasteiger partial charge in [-0.25, -0.2) is 0 Å². The molecule has 0 aliphatic rings. The van der Waals surface area contributed by atoms with Gasteiger partial charge in [-0.3, -0.25) is 10.1 Å². The summed E-state index contributed by atoms with van der Waals surface area (Å²) >= 11 is 15.1. The Morgan fingerprint density at radius 1 is 1.12 bits per heavy atom. The van der Waals surface area contributed by atoms with E-state index in [1.54, 1.807) is 18.2 Å². The molecule has 0 atom stereocenters. The number of nitrogens with one attached hydrogen (secondary N) is 2. The highest BCUT2D eigenvalue weighted by Gasteiger charge is 2.17. The molecule has 4 rings (SSSR count). The summed E-state index contributed by atoms with van der Waals surface area (Å²) in [5.74, 6) is 0.0708. The number of benzene rings is 3. The molecule has 162 valence electrons. The van der Waals surface area contributed by atoms with Gasteiger partial charge in [-0.1, -0.05) is 45.7 Å². The quantitative estimate of drug-likeness (QED) is 0.350. The second-order valence-corrected chi connectivity index (χ2v) is 8.59. The molecule has 7 nitrogen and oxygen atoms in total. The summed E-state index contributed by atoms with van der Waals surface area (Å²) in [5.41, 5.74) is 3.77. The summed E-state index contributed by atoms with van der Waals surface area (Å²) in [6, 6.07) is 16.5. The van der Waals surface area contributed by atoms with Crippen molar-refractivity contribution < 1.29 is 9.53 Å². The van der Waals surface area contributed by atoms with Gasteiger partial charge in [0, 0.05) is 4.47 Å². The number of rotatable bonds is 4. The maximum atomic E-state index is 12.8. The van der Waals surface area contributed by atoms with Crippen molar-refractivity contribution in [3.8, 4) is 11.4 Å². The number of carbonyl (C=O) groups is 1. The molecule has 0 saturated heterocycles. The van der Waals surface area contributed by atoms with Gasteiger partial charge < -0.3 is 10.1 Å². The van der Waals surface area contributed by atoms with Crippen LogP contribution in [0.4, 0.5) is 5.69 Å². The lowest BCUT2D eigenvalue weighted by Crippen LogP contribution is -2.34. The van der Waals surface area contributed by atoms with E-state index >= 15 is 0 Å². The van der Waals surface area contributed by atoms with Crippen molar-refractivity contribution in [2.75, 3.05) is 12.4 Å². The van der Waals surface area contributed by atoms with Crippen LogP contribution in [0.2, 0.25) is 5.02 Å². The highest BCUT2D eigenvalue weighted by atomic mass is 79.9. The average Bonchev–Trinajstić information content (AvgIpc) is 3.16. The SMILES string of the molecule is COc1c(C)cc(Br)cc1C(=O)NC(=S)Nc1cc2nn(-c3ccccc3)nc2cc1Cl. The molecule has 10 heteroatoms. The molecule has 1 amide bonds. The van der Waals surface area contributed by atoms with Crippen molar-refractivity contribution in [3.63, 3.8) is 0 Å². The molecule has 4 aromatic rings. The zero-order chi connectivity index (χ0) is 22.8. The van der Waals surface area contributed by atoms with Crippen LogP contribution in [0.25, 0.3) is 16.7 Å². The summed E-state index contributed by atoms with van der Waals surface area (Å²) < 4.78 is 6.13. The van der Waals surface area contributed by atoms with Crippen molar-refractivity contribution in [1.82, 2.24) is 20.3 Å². The second-order valence-electron chi connectivity index (χ2n) is 6.86. The highest BCUT2D eigenvalue weighted by Crippen LogP contribution is 2.29. The minimum absolute atomic E-state index is 0.0892. The summed E-state index contributed by atoms with van der Waals surface area (Å²) in [4.78, 5) is 14.3. The minimum atomic E-state index is -0.407. The number of hydrogen-bond donors (Lipinski definition) is 2. The van der Waals surface area contributed by atoms with Gasteiger partial charge in [-0.05, 0) is 61.1 Å². The van der Waals surface area contributed by atoms with Crippen LogP contribution in [0.15, 0.2) is 59.1 Å². The monoisotopic (exact) mass is 529 g/mol. The Labute approximate surface area is 202 Å². The smallest absolute Gasteiger partial charge is 0.261 e. The van der Waals surface area contributed by atoms with Crippen LogP contribution in [0.5, 0.6) is 5.75 Å². The lowest BCUT2D eigenvalue weighted by molar-refractivity contribution is 0.0974. The molecule has 0 bridgehead atoms. The molecular weight excluding hydrogens is 514 g/mol. The van der Waals surface area contributed by atoms with Crippen molar-refractivity contribution in [2.24, 2.45) is 0 Å². The van der Waals surface area contributed by atoms with E-state index in [-0.39, 0.29) is 5.11 Å². The molecule has 0 aliphatic heterocycles. The van der Waals surface area contributed by atoms with E-state index < -0.39 is 5.91 Å². The summed E-state index contributed by atoms with van der Waals surface area (Å²) in [5, 5.41) is 15.1. The van der Waals surface area contributed by atoms with Gasteiger partial charge in [0.25, 0.3) is 5.91 Å². The highest BCUT2D eigenvalue weighted by molar-refractivity contribution is 9.10. The number of hydrogen-bond acceptors (Lipinski definition) is 5. The standard InChI is InChI=1S/C22H17BrClN5O2S/c1-12-8-13(23)9-15(20(12)31-2)21(30)26-22(32)25-17-11-19-18(10-16(17)24)27-29(28-19)14-6-4-3-5-7-14/h3-11H,1-2H3,(H2,25,26,30,32). The second kappa shape index (κ2) is 9.23. The number of aryl methyl sites for hydroxylation is 1. The fourth-order valence-corrected chi connectivity index (χ4v) is 4.18. The predicted molar refractivity (Wildman–Crippen MR) is 133 cm³/mol. The zero-order valence-corrected chi connectivity index (χ0v) is 20.2. The number of amides is 1. The van der Waals surface area contributed by atoms with Crippen LogP contribution in [-0.4, -0.2) is 33.1 Å². The number of nitrogens with zero attached hydrogens (tertiary/aromatic N) is 3. The molecule has 1 heterocycles. The third-order valence-electron chi connectivity index (χ3n) is 4.62. The first kappa shape index (κ1) is 22.2. The van der Waals surface area contributed by atoms with Crippen molar-refractivity contribution >= 4 is 67.5 Å². The number of halogens is 2. The van der Waals surface area contributed by atoms with Crippen molar-refractivity contribution in [3.05, 3.63) is 75.2 Å². The third-order valence-corrected chi connectivity index (χ3v) is 5.59. The molecule has 0 radical (unpaired) electrons. The first-order chi connectivity index (χ1) is 15.4. The van der Waals surface area contributed by atoms with Crippen molar-refractivity contribution in [2.45, 2.75) is 6.92 Å². The van der Waals surface area contributed by atoms with Gasteiger partial charge in [0.15, 0.2) is 5.11 Å². The lowest BCUT2D eigenvalue weighted by atomic mass is 10.1. The molecule has 2 N–H and O–H groups in total. The fourth-order valence-electron chi connectivity index (χ4n) is 3.20. The van der Waals surface area contributed by atoms with E-state index in [0.29, 0.717) is 33.1 Å². The van der Waals surface area contributed by atoms with E-state index in [1.165, 1.54) is 11.9 Å². The normalized spacial score (nSPS) is 10.8. The molecule has 0 spiro atoms. The van der Waals surface area contributed by atoms with Crippen LogP contribution in [-0.2, 0) is 0 Å². The Morgan fingerprint density at radius 3 is 2.50 bits per heavy atom. The third kappa shape index (κ3) is 4.59. The van der Waals surface area contributed by atoms with E-state index in [9.17, 15) is 4.79 Å². The number of methoxy groups -OCH3 is 1. The van der Waals surface area contributed by atoms with Crippen LogP contribution < -0.4 is 15.4 Å². The van der Waals surface area contributed by atoms with Gasteiger partial charge in [0.2, 0.25) is 0 Å². The van der Waals surface area contributed by atoms with E-state index in [2.05, 4.69) is 36.8 Å². The molecule has 0 unspecified atom stereocenters. The van der Waals surface area contributed by atoms with Gasteiger partial charge in [0.05, 0.1) is 29.1 Å². The average molecular weight is 531 g/mol. The van der Waals surface area contributed by atoms with Crippen molar-refractivity contribution in [1.29, 1.82) is 0 Å². The number of ether oxygens (including phenoxy) is 1. The van der Waals surface area contributed by atoms with Crippen LogP contribution in [0.3, 0.4) is 0 Å². The molecular formula is C22H17BrClN5O2S. The summed E-state index contributed by atoms with van der Waals surface area (Å²) in [6.07, 6.45) is 0.